The maximum absolute atomic E-state index is 14.0. The number of carbonyl (C=O) groups excluding carboxylic acids is 1. The number of nitrogens with two attached hydrogens (primary N) is 2. The van der Waals surface area contributed by atoms with Crippen molar-refractivity contribution in [1.82, 2.24) is 0 Å². The normalized spacial score (nSPS) is 11.6. The van der Waals surface area contributed by atoms with Crippen molar-refractivity contribution in [3.63, 3.8) is 0 Å². The quantitative estimate of drug-likeness (QED) is 0.0270. The van der Waals surface area contributed by atoms with Gasteiger partial charge in [0.2, 0.25) is 5.91 Å². The summed E-state index contributed by atoms with van der Waals surface area (Å²) in [7, 11) is 1.43. The van der Waals surface area contributed by atoms with Crippen LogP contribution >= 0.6 is 0 Å². The number of aromatic hydroxyl groups is 2. The number of halogens is 7. The number of amides is 1. The number of oxime groups is 1. The van der Waals surface area contributed by atoms with Crippen LogP contribution in [0.1, 0.15) is 38.2 Å². The number of phenolic OH excluding ortho intramolecular Hbond substituents is 2. The predicted molar refractivity (Wildman–Crippen MR) is 208 cm³/mol. The average Bonchev–Trinajstić information content (AvgIpc) is 3.19. The molecule has 6 aromatic rings. The van der Waals surface area contributed by atoms with Crippen molar-refractivity contribution < 1.29 is 55.7 Å². The lowest BCUT2D eigenvalue weighted by Gasteiger charge is -2.20. The lowest BCUT2D eigenvalue weighted by molar-refractivity contribution is -0.138. The molecule has 0 heterocycles. The van der Waals surface area contributed by atoms with E-state index in [4.69, 9.17) is 27.8 Å². The molecule has 0 saturated carbocycles. The zero-order valence-corrected chi connectivity index (χ0v) is 30.9. The molecule has 0 bridgehead atoms. The Morgan fingerprint density at radius 2 is 1.17 bits per heavy atom. The molecule has 1 amide bonds. The maximum Gasteiger partial charge on any atom is 0.416 e. The monoisotopic (exact) mass is 815 g/mol. The predicted octanol–water partition coefficient (Wildman–Crippen LogP) is 10.1. The summed E-state index contributed by atoms with van der Waals surface area (Å²) in [6.07, 6.45) is -3.91. The van der Waals surface area contributed by atoms with Crippen LogP contribution in [0.3, 0.4) is 0 Å². The molecule has 0 aliphatic heterocycles. The number of nitrogens with zero attached hydrogens (tertiary/aromatic N) is 1. The molecule has 0 fully saturated rings. The summed E-state index contributed by atoms with van der Waals surface area (Å²) >= 11 is 0. The van der Waals surface area contributed by atoms with Gasteiger partial charge in [-0.2, -0.15) is 26.3 Å². The minimum Gasteiger partial charge on any atom is -0.508 e. The van der Waals surface area contributed by atoms with Crippen molar-refractivity contribution in [3.8, 4) is 74.1 Å². The van der Waals surface area contributed by atoms with Crippen molar-refractivity contribution in [3.05, 3.63) is 148 Å². The molecule has 0 saturated heterocycles. The second-order valence-electron chi connectivity index (χ2n) is 12.9. The molecular formula is C44H32F7N3O5. The van der Waals surface area contributed by atoms with E-state index >= 15 is 0 Å². The zero-order chi connectivity index (χ0) is 43.4. The van der Waals surface area contributed by atoms with E-state index in [0.29, 0.717) is 22.9 Å². The molecular weight excluding hydrogens is 783 g/mol. The van der Waals surface area contributed by atoms with Gasteiger partial charge in [0.25, 0.3) is 0 Å². The standard InChI is InChI=1S/C22H14F4N2O2.C22H18F3NO3/c1-2-12-3-6-15(23)11-18(12)20-17(13-4-7-16(29)8-5-13)9-14(22(24,25)26)10-19(20)21(27)28-30;1-12-3-8-19(29-2)17(9-12)20-16(13-4-6-15(27)7-5-13)10-14(22(23,24)25)11-18(20)21(26)28/h1,3-11,29-30H,(H2,27,28);3-11,27H,1-2H3,(H2,26,28). The van der Waals surface area contributed by atoms with Crippen molar-refractivity contribution in [2.24, 2.45) is 16.6 Å². The first-order chi connectivity index (χ1) is 27.8. The Balaban J connectivity index is 0.000000224. The number of methoxy groups -OCH3 is 1. The third-order valence-electron chi connectivity index (χ3n) is 8.97. The summed E-state index contributed by atoms with van der Waals surface area (Å²) in [4.78, 5) is 12.2. The summed E-state index contributed by atoms with van der Waals surface area (Å²) in [5, 5.41) is 31.1. The lowest BCUT2D eigenvalue weighted by atomic mass is 9.86. The number of carbonyl (C=O) groups is 1. The molecule has 0 unspecified atom stereocenters. The highest BCUT2D eigenvalue weighted by Gasteiger charge is 2.35. The molecule has 6 rings (SSSR count). The Bertz CT molecular complexity index is 2610. The summed E-state index contributed by atoms with van der Waals surface area (Å²) in [5.74, 6) is 0.344. The van der Waals surface area contributed by atoms with Crippen LogP contribution in [0.2, 0.25) is 0 Å². The Kier molecular flexibility index (Phi) is 12.3. The van der Waals surface area contributed by atoms with Crippen LogP contribution in [0.15, 0.2) is 114 Å². The number of terminal acetylenes is 1. The molecule has 0 aliphatic carbocycles. The number of hydrogen-bond acceptors (Lipinski definition) is 6. The van der Waals surface area contributed by atoms with Gasteiger partial charge in [0, 0.05) is 38.9 Å². The van der Waals surface area contributed by atoms with Crippen LogP contribution in [-0.4, -0.2) is 34.3 Å². The molecule has 0 aromatic heterocycles. The van der Waals surface area contributed by atoms with Crippen LogP contribution in [-0.2, 0) is 12.4 Å². The minimum atomic E-state index is -4.74. The van der Waals surface area contributed by atoms with E-state index in [9.17, 15) is 45.7 Å². The average molecular weight is 816 g/mol. The van der Waals surface area contributed by atoms with Crippen LogP contribution in [0.25, 0.3) is 44.5 Å². The number of aryl methyl sites for hydroxylation is 1. The number of primary amides is 1. The molecule has 59 heavy (non-hydrogen) atoms. The SMILES string of the molecule is C#Cc1ccc(F)cc1-c1c(C(N)=NO)cc(C(F)(F)F)cc1-c1ccc(O)cc1.COc1ccc(C)cc1-c1c(C(N)=O)cc(C(F)(F)F)cc1-c1ccc(O)cc1. The van der Waals surface area contributed by atoms with Gasteiger partial charge >= 0.3 is 12.4 Å². The van der Waals surface area contributed by atoms with E-state index in [0.717, 1.165) is 35.9 Å². The van der Waals surface area contributed by atoms with Gasteiger partial charge in [0.1, 0.15) is 23.1 Å². The van der Waals surface area contributed by atoms with Crippen molar-refractivity contribution >= 4 is 11.7 Å². The van der Waals surface area contributed by atoms with Gasteiger partial charge < -0.3 is 31.6 Å². The largest absolute Gasteiger partial charge is 0.508 e. The molecule has 0 atom stereocenters. The molecule has 7 N–H and O–H groups in total. The highest BCUT2D eigenvalue weighted by molar-refractivity contribution is 6.08. The van der Waals surface area contributed by atoms with Crippen LogP contribution in [0, 0.1) is 25.1 Å². The second kappa shape index (κ2) is 16.9. The molecule has 0 spiro atoms. The van der Waals surface area contributed by atoms with Gasteiger partial charge in [-0.1, -0.05) is 47.0 Å². The molecule has 302 valence electrons. The van der Waals surface area contributed by atoms with E-state index < -0.39 is 41.0 Å². The number of benzene rings is 6. The first-order valence-electron chi connectivity index (χ1n) is 17.1. The molecule has 8 nitrogen and oxygen atoms in total. The smallest absolute Gasteiger partial charge is 0.416 e. The molecule has 0 aliphatic rings. The topological polar surface area (TPSA) is 151 Å². The Labute approximate surface area is 332 Å². The first kappa shape index (κ1) is 42.7. The zero-order valence-electron chi connectivity index (χ0n) is 30.9. The fraction of sp³-hybridized carbons (Fsp3) is 0.0909. The van der Waals surface area contributed by atoms with Crippen molar-refractivity contribution in [1.29, 1.82) is 0 Å². The highest BCUT2D eigenvalue weighted by Crippen LogP contribution is 2.45. The van der Waals surface area contributed by atoms with Gasteiger partial charge in [0.05, 0.1) is 18.2 Å². The van der Waals surface area contributed by atoms with Crippen LogP contribution < -0.4 is 16.2 Å². The fourth-order valence-electron chi connectivity index (χ4n) is 6.25. The van der Waals surface area contributed by atoms with E-state index in [-0.39, 0.29) is 61.6 Å². The minimum absolute atomic E-state index is 0.00789. The summed E-state index contributed by atoms with van der Waals surface area (Å²) in [6.45, 7) is 1.82. The van der Waals surface area contributed by atoms with Gasteiger partial charge in [-0.25, -0.2) is 4.39 Å². The van der Waals surface area contributed by atoms with E-state index in [1.165, 1.54) is 61.7 Å². The van der Waals surface area contributed by atoms with E-state index in [1.807, 2.05) is 6.92 Å². The number of ether oxygens (including phenoxy) is 1. The lowest BCUT2D eigenvalue weighted by Crippen LogP contribution is -2.17. The van der Waals surface area contributed by atoms with Crippen molar-refractivity contribution in [2.45, 2.75) is 19.3 Å². The highest BCUT2D eigenvalue weighted by atomic mass is 19.4. The number of hydrogen-bond donors (Lipinski definition) is 5. The van der Waals surface area contributed by atoms with Gasteiger partial charge in [-0.15, -0.1) is 6.42 Å². The van der Waals surface area contributed by atoms with Crippen LogP contribution in [0.5, 0.6) is 17.2 Å². The number of amidine groups is 1. The number of phenols is 2. The first-order valence-corrected chi connectivity index (χ1v) is 17.1. The third-order valence-corrected chi connectivity index (χ3v) is 8.97. The molecule has 15 heteroatoms. The number of alkyl halides is 6. The van der Waals surface area contributed by atoms with Crippen LogP contribution in [0.4, 0.5) is 30.7 Å². The number of rotatable bonds is 7. The van der Waals surface area contributed by atoms with E-state index in [1.54, 1.807) is 18.2 Å². The van der Waals surface area contributed by atoms with E-state index in [2.05, 4.69) is 11.1 Å². The van der Waals surface area contributed by atoms with Gasteiger partial charge in [-0.3, -0.25) is 4.79 Å². The van der Waals surface area contributed by atoms with Gasteiger partial charge in [0.15, 0.2) is 5.84 Å². The third kappa shape index (κ3) is 9.40. The summed E-state index contributed by atoms with van der Waals surface area (Å²) in [5.41, 5.74) is 11.2. The second-order valence-corrected chi connectivity index (χ2v) is 12.9. The maximum atomic E-state index is 14.0. The van der Waals surface area contributed by atoms with Gasteiger partial charge in [-0.05, 0) is 108 Å². The fourth-order valence-corrected chi connectivity index (χ4v) is 6.25. The Hall–Kier alpha value is -7.47. The molecule has 0 radical (unpaired) electrons. The summed E-state index contributed by atoms with van der Waals surface area (Å²) < 4.78 is 101. The van der Waals surface area contributed by atoms with Crippen molar-refractivity contribution in [2.75, 3.05) is 7.11 Å². The summed E-state index contributed by atoms with van der Waals surface area (Å²) in [6, 6.07) is 23.0. The Morgan fingerprint density at radius 3 is 1.61 bits per heavy atom. The Morgan fingerprint density at radius 1 is 0.678 bits per heavy atom. The molecule has 6 aromatic carbocycles.